The van der Waals surface area contributed by atoms with Crippen molar-refractivity contribution in [3.05, 3.63) is 47.8 Å². The second-order valence-electron chi connectivity index (χ2n) is 6.81. The van der Waals surface area contributed by atoms with Crippen molar-refractivity contribution in [2.75, 3.05) is 34.4 Å². The van der Waals surface area contributed by atoms with E-state index >= 15 is 0 Å². The molecule has 160 valence electrons. The van der Waals surface area contributed by atoms with Crippen LogP contribution in [-0.2, 0) is 10.9 Å². The van der Waals surface area contributed by atoms with Crippen molar-refractivity contribution < 1.29 is 27.4 Å². The van der Waals surface area contributed by atoms with Crippen LogP contribution in [0.1, 0.15) is 22.5 Å². The molecule has 3 aromatic rings. The SMILES string of the molecule is COc1ccccc1-c1cc(C(F)(F)F)n2ncc(C(=O)OCCCN(C)C)c2n1. The van der Waals surface area contributed by atoms with Crippen molar-refractivity contribution >= 4 is 11.6 Å². The molecule has 0 aliphatic rings. The first-order valence-electron chi connectivity index (χ1n) is 9.13. The Balaban J connectivity index is 2.06. The average molecular weight is 422 g/mol. The molecule has 0 unspecified atom stereocenters. The van der Waals surface area contributed by atoms with E-state index < -0.39 is 17.8 Å². The van der Waals surface area contributed by atoms with Gasteiger partial charge < -0.3 is 14.4 Å². The second-order valence-corrected chi connectivity index (χ2v) is 6.81. The number of carbonyl (C=O) groups is 1. The van der Waals surface area contributed by atoms with Gasteiger partial charge in [0.2, 0.25) is 0 Å². The Labute approximate surface area is 171 Å². The molecule has 0 amide bonds. The molecule has 2 aromatic heterocycles. The zero-order valence-corrected chi connectivity index (χ0v) is 16.7. The lowest BCUT2D eigenvalue weighted by Gasteiger charge is -2.13. The lowest BCUT2D eigenvalue weighted by Crippen LogP contribution is -2.17. The van der Waals surface area contributed by atoms with Crippen LogP contribution in [0.15, 0.2) is 36.5 Å². The lowest BCUT2D eigenvalue weighted by molar-refractivity contribution is -0.142. The topological polar surface area (TPSA) is 69.0 Å². The molecule has 3 rings (SSSR count). The van der Waals surface area contributed by atoms with Crippen LogP contribution in [0.5, 0.6) is 5.75 Å². The number of ether oxygens (including phenoxy) is 2. The molecule has 0 bridgehead atoms. The van der Waals surface area contributed by atoms with Gasteiger partial charge in [-0.1, -0.05) is 12.1 Å². The average Bonchev–Trinajstić information content (AvgIpc) is 3.13. The molecule has 0 saturated heterocycles. The van der Waals surface area contributed by atoms with E-state index in [1.807, 2.05) is 19.0 Å². The Hall–Kier alpha value is -3.14. The summed E-state index contributed by atoms with van der Waals surface area (Å²) in [6, 6.07) is 7.44. The minimum absolute atomic E-state index is 0.00873. The Morgan fingerprint density at radius 1 is 1.23 bits per heavy atom. The van der Waals surface area contributed by atoms with Crippen LogP contribution in [0.4, 0.5) is 13.2 Å². The summed E-state index contributed by atoms with van der Waals surface area (Å²) in [5.41, 5.74) is -1.06. The molecular weight excluding hydrogens is 401 g/mol. The van der Waals surface area contributed by atoms with Crippen molar-refractivity contribution in [3.63, 3.8) is 0 Å². The van der Waals surface area contributed by atoms with E-state index in [2.05, 4.69) is 10.1 Å². The third kappa shape index (κ3) is 4.54. The van der Waals surface area contributed by atoms with Crippen molar-refractivity contribution in [2.24, 2.45) is 0 Å². The highest BCUT2D eigenvalue weighted by atomic mass is 19.4. The Kier molecular flexibility index (Phi) is 6.25. The van der Waals surface area contributed by atoms with Crippen LogP contribution in [0.3, 0.4) is 0 Å². The molecule has 2 heterocycles. The van der Waals surface area contributed by atoms with Crippen LogP contribution in [-0.4, -0.2) is 59.8 Å². The predicted octanol–water partition coefficient (Wildman–Crippen LogP) is 3.53. The number of hydrogen-bond acceptors (Lipinski definition) is 6. The van der Waals surface area contributed by atoms with Gasteiger partial charge in [-0.15, -0.1) is 0 Å². The summed E-state index contributed by atoms with van der Waals surface area (Å²) >= 11 is 0. The maximum Gasteiger partial charge on any atom is 0.433 e. The Morgan fingerprint density at radius 2 is 1.97 bits per heavy atom. The number of methoxy groups -OCH3 is 1. The molecule has 0 fully saturated rings. The minimum atomic E-state index is -4.71. The first kappa shape index (κ1) is 21.6. The van der Waals surface area contributed by atoms with Crippen LogP contribution >= 0.6 is 0 Å². The normalized spacial score (nSPS) is 11.8. The number of fused-ring (bicyclic) bond motifs is 1. The van der Waals surface area contributed by atoms with Crippen molar-refractivity contribution in [3.8, 4) is 17.0 Å². The van der Waals surface area contributed by atoms with Crippen molar-refractivity contribution in [1.29, 1.82) is 0 Å². The molecule has 0 aliphatic heterocycles. The lowest BCUT2D eigenvalue weighted by atomic mass is 10.1. The fraction of sp³-hybridized carbons (Fsp3) is 0.350. The molecule has 0 atom stereocenters. The molecule has 30 heavy (non-hydrogen) atoms. The summed E-state index contributed by atoms with van der Waals surface area (Å²) in [7, 11) is 5.18. The number of aromatic nitrogens is 3. The zero-order valence-electron chi connectivity index (χ0n) is 16.7. The number of para-hydroxylation sites is 1. The summed E-state index contributed by atoms with van der Waals surface area (Å²) in [6.07, 6.45) is -3.08. The number of alkyl halides is 3. The van der Waals surface area contributed by atoms with Gasteiger partial charge in [-0.25, -0.2) is 14.3 Å². The second kappa shape index (κ2) is 8.70. The number of esters is 1. The zero-order chi connectivity index (χ0) is 21.9. The van der Waals surface area contributed by atoms with Crippen LogP contribution < -0.4 is 4.74 Å². The van der Waals surface area contributed by atoms with Crippen molar-refractivity contribution in [1.82, 2.24) is 19.5 Å². The largest absolute Gasteiger partial charge is 0.496 e. The molecule has 0 saturated carbocycles. The smallest absolute Gasteiger partial charge is 0.433 e. The molecule has 1 aromatic carbocycles. The summed E-state index contributed by atoms with van der Waals surface area (Å²) in [6.45, 7) is 0.836. The monoisotopic (exact) mass is 422 g/mol. The molecule has 0 radical (unpaired) electrons. The highest BCUT2D eigenvalue weighted by Gasteiger charge is 2.36. The van der Waals surface area contributed by atoms with E-state index in [0.29, 0.717) is 28.8 Å². The van der Waals surface area contributed by atoms with Gasteiger partial charge in [0, 0.05) is 12.1 Å². The summed E-state index contributed by atoms with van der Waals surface area (Å²) in [4.78, 5) is 18.7. The van der Waals surface area contributed by atoms with E-state index in [4.69, 9.17) is 9.47 Å². The van der Waals surface area contributed by atoms with Crippen LogP contribution in [0, 0.1) is 0 Å². The van der Waals surface area contributed by atoms with Gasteiger partial charge in [0.25, 0.3) is 0 Å². The first-order valence-corrected chi connectivity index (χ1v) is 9.13. The Bertz CT molecular complexity index is 1050. The predicted molar refractivity (Wildman–Crippen MR) is 103 cm³/mol. The third-order valence-corrected chi connectivity index (χ3v) is 4.35. The molecule has 10 heteroatoms. The standard InChI is InChI=1S/C20H21F3N4O3/c1-26(2)9-6-10-30-19(28)14-12-24-27-17(20(21,22)23)11-15(25-18(14)27)13-7-4-5-8-16(13)29-3/h4-5,7-8,11-12H,6,9-10H2,1-3H3. The number of benzene rings is 1. The number of halogens is 3. The van der Waals surface area contributed by atoms with Gasteiger partial charge in [-0.3, -0.25) is 0 Å². The van der Waals surface area contributed by atoms with E-state index in [9.17, 15) is 18.0 Å². The fourth-order valence-electron chi connectivity index (χ4n) is 2.93. The Morgan fingerprint density at radius 3 is 2.63 bits per heavy atom. The summed E-state index contributed by atoms with van der Waals surface area (Å²) in [5.74, 6) is -0.420. The molecule has 0 N–H and O–H groups in total. The van der Waals surface area contributed by atoms with E-state index in [0.717, 1.165) is 12.3 Å². The van der Waals surface area contributed by atoms with Gasteiger partial charge in [-0.2, -0.15) is 18.3 Å². The highest BCUT2D eigenvalue weighted by molar-refractivity contribution is 5.96. The maximum absolute atomic E-state index is 13.7. The minimum Gasteiger partial charge on any atom is -0.496 e. The highest BCUT2D eigenvalue weighted by Crippen LogP contribution is 2.35. The number of carbonyl (C=O) groups excluding carboxylic acids is 1. The quantitative estimate of drug-likeness (QED) is 0.429. The van der Waals surface area contributed by atoms with Gasteiger partial charge in [0.1, 0.15) is 11.3 Å². The summed E-state index contributed by atoms with van der Waals surface area (Å²) < 4.78 is 52.1. The van der Waals surface area contributed by atoms with Crippen LogP contribution in [0.25, 0.3) is 16.9 Å². The van der Waals surface area contributed by atoms with Gasteiger partial charge >= 0.3 is 12.1 Å². The molecule has 7 nitrogen and oxygen atoms in total. The summed E-state index contributed by atoms with van der Waals surface area (Å²) in [5, 5.41) is 3.73. The van der Waals surface area contributed by atoms with Gasteiger partial charge in [0.05, 0.1) is 25.6 Å². The number of rotatable bonds is 7. The molecule has 0 aliphatic carbocycles. The number of hydrogen-bond donors (Lipinski definition) is 0. The molecule has 0 spiro atoms. The van der Waals surface area contributed by atoms with Gasteiger partial charge in [0.15, 0.2) is 11.3 Å². The number of nitrogens with zero attached hydrogens (tertiary/aromatic N) is 4. The van der Waals surface area contributed by atoms with E-state index in [1.54, 1.807) is 24.3 Å². The third-order valence-electron chi connectivity index (χ3n) is 4.35. The fourth-order valence-corrected chi connectivity index (χ4v) is 2.93. The molecular formula is C20H21F3N4O3. The van der Waals surface area contributed by atoms with Crippen LogP contribution in [0.2, 0.25) is 0 Å². The first-order chi connectivity index (χ1) is 14.2. The van der Waals surface area contributed by atoms with Gasteiger partial charge in [-0.05, 0) is 38.7 Å². The van der Waals surface area contributed by atoms with E-state index in [1.165, 1.54) is 7.11 Å². The van der Waals surface area contributed by atoms with Crippen molar-refractivity contribution in [2.45, 2.75) is 12.6 Å². The maximum atomic E-state index is 13.7. The van der Waals surface area contributed by atoms with E-state index in [-0.39, 0.29) is 23.5 Å².